The van der Waals surface area contributed by atoms with Gasteiger partial charge in [0.15, 0.2) is 5.78 Å². The molecule has 0 aromatic heterocycles. The van der Waals surface area contributed by atoms with Crippen LogP contribution in [0, 0.1) is 0 Å². The number of carbonyl (C=O) groups excluding carboxylic acids is 2. The zero-order chi connectivity index (χ0) is 15.2. The summed E-state index contributed by atoms with van der Waals surface area (Å²) in [6.07, 6.45) is 2.91. The number of ether oxygens (including phenoxy) is 1. The molecular weight excluding hydrogens is 268 g/mol. The number of phenolic OH excluding ortho intramolecular Hbond substituents is 1. The molecule has 0 saturated carbocycles. The summed E-state index contributed by atoms with van der Waals surface area (Å²) in [5.74, 6) is -0.685. The average molecular weight is 282 g/mol. The summed E-state index contributed by atoms with van der Waals surface area (Å²) in [4.78, 5) is 23.6. The lowest BCUT2D eigenvalue weighted by atomic mass is 10.0. The number of aromatic hydroxyl groups is 1. The van der Waals surface area contributed by atoms with Gasteiger partial charge in [0, 0.05) is 5.56 Å². The van der Waals surface area contributed by atoms with Crippen molar-refractivity contribution in [2.75, 3.05) is 7.11 Å². The Hall–Kier alpha value is -2.88. The Kier molecular flexibility index (Phi) is 4.51. The normalized spacial score (nSPS) is 10.5. The minimum atomic E-state index is -0.458. The number of phenols is 1. The molecule has 0 spiro atoms. The summed E-state index contributed by atoms with van der Waals surface area (Å²) in [6.45, 7) is 0. The number of hydrogen-bond acceptors (Lipinski definition) is 4. The summed E-state index contributed by atoms with van der Waals surface area (Å²) in [5, 5.41) is 9.36. The third-order valence-electron chi connectivity index (χ3n) is 2.91. The van der Waals surface area contributed by atoms with Crippen LogP contribution in [0.25, 0.3) is 6.08 Å². The van der Waals surface area contributed by atoms with Crippen molar-refractivity contribution in [3.63, 3.8) is 0 Å². The summed E-state index contributed by atoms with van der Waals surface area (Å²) in [5.41, 5.74) is 1.36. The van der Waals surface area contributed by atoms with E-state index in [0.29, 0.717) is 16.7 Å². The smallest absolute Gasteiger partial charge is 0.338 e. The van der Waals surface area contributed by atoms with E-state index >= 15 is 0 Å². The predicted octanol–water partition coefficient (Wildman–Crippen LogP) is 3.07. The maximum atomic E-state index is 12.0. The minimum absolute atomic E-state index is 0.0317. The van der Waals surface area contributed by atoms with Crippen LogP contribution in [-0.2, 0) is 4.74 Å². The Labute approximate surface area is 122 Å². The Bertz CT molecular complexity index is 701. The van der Waals surface area contributed by atoms with Gasteiger partial charge in [-0.05, 0) is 29.8 Å². The first kappa shape index (κ1) is 14.5. The van der Waals surface area contributed by atoms with E-state index in [1.165, 1.54) is 25.3 Å². The number of ketones is 1. The summed E-state index contributed by atoms with van der Waals surface area (Å²) < 4.78 is 4.69. The second-order valence-electron chi connectivity index (χ2n) is 4.33. The number of esters is 1. The van der Waals surface area contributed by atoms with Crippen LogP contribution >= 0.6 is 0 Å². The Morgan fingerprint density at radius 3 is 2.57 bits per heavy atom. The molecule has 0 amide bonds. The van der Waals surface area contributed by atoms with E-state index in [9.17, 15) is 14.7 Å². The molecule has 0 heterocycles. The van der Waals surface area contributed by atoms with Crippen LogP contribution in [0.4, 0.5) is 0 Å². The summed E-state index contributed by atoms with van der Waals surface area (Å²) >= 11 is 0. The molecule has 0 aliphatic carbocycles. The van der Waals surface area contributed by atoms with Gasteiger partial charge in [0.25, 0.3) is 0 Å². The highest BCUT2D eigenvalue weighted by molar-refractivity contribution is 6.07. The summed E-state index contributed by atoms with van der Waals surface area (Å²) in [7, 11) is 1.31. The zero-order valence-electron chi connectivity index (χ0n) is 11.4. The molecule has 2 rings (SSSR count). The lowest BCUT2D eigenvalue weighted by Crippen LogP contribution is -2.03. The molecule has 0 fully saturated rings. The second-order valence-corrected chi connectivity index (χ2v) is 4.33. The maximum Gasteiger partial charge on any atom is 0.338 e. The van der Waals surface area contributed by atoms with Crippen LogP contribution < -0.4 is 0 Å². The van der Waals surface area contributed by atoms with Crippen LogP contribution in [0.1, 0.15) is 26.3 Å². The largest absolute Gasteiger partial charge is 0.508 e. The molecule has 0 radical (unpaired) electrons. The van der Waals surface area contributed by atoms with E-state index in [0.717, 1.165) is 0 Å². The van der Waals surface area contributed by atoms with Crippen molar-refractivity contribution in [1.82, 2.24) is 0 Å². The van der Waals surface area contributed by atoms with Crippen LogP contribution in [0.15, 0.2) is 54.6 Å². The highest BCUT2D eigenvalue weighted by Gasteiger charge is 2.09. The molecule has 1 N–H and O–H groups in total. The van der Waals surface area contributed by atoms with Gasteiger partial charge in [-0.2, -0.15) is 0 Å². The molecule has 2 aromatic carbocycles. The number of carbonyl (C=O) groups is 2. The molecule has 4 nitrogen and oxygen atoms in total. The van der Waals surface area contributed by atoms with Gasteiger partial charge in [-0.15, -0.1) is 0 Å². The lowest BCUT2D eigenvalue weighted by Gasteiger charge is -2.03. The first-order valence-electron chi connectivity index (χ1n) is 6.30. The van der Waals surface area contributed by atoms with Gasteiger partial charge < -0.3 is 9.84 Å². The fraction of sp³-hybridized carbons (Fsp3) is 0.0588. The Balaban J connectivity index is 2.26. The fourth-order valence-electron chi connectivity index (χ4n) is 1.86. The molecule has 0 aliphatic heterocycles. The van der Waals surface area contributed by atoms with Crippen LogP contribution in [-0.4, -0.2) is 24.0 Å². The van der Waals surface area contributed by atoms with E-state index in [-0.39, 0.29) is 11.5 Å². The van der Waals surface area contributed by atoms with Gasteiger partial charge in [0.2, 0.25) is 0 Å². The minimum Gasteiger partial charge on any atom is -0.508 e. The number of benzene rings is 2. The summed E-state index contributed by atoms with van der Waals surface area (Å²) in [6, 6.07) is 12.9. The third-order valence-corrected chi connectivity index (χ3v) is 2.91. The highest BCUT2D eigenvalue weighted by Crippen LogP contribution is 2.15. The Morgan fingerprint density at radius 2 is 1.86 bits per heavy atom. The Morgan fingerprint density at radius 1 is 1.10 bits per heavy atom. The molecule has 4 heteroatoms. The third kappa shape index (κ3) is 3.57. The van der Waals surface area contributed by atoms with E-state index in [2.05, 4.69) is 0 Å². The predicted molar refractivity (Wildman–Crippen MR) is 79.3 cm³/mol. The average Bonchev–Trinajstić information content (AvgIpc) is 2.52. The van der Waals surface area contributed by atoms with Crippen molar-refractivity contribution in [3.8, 4) is 5.75 Å². The van der Waals surface area contributed by atoms with Crippen molar-refractivity contribution in [1.29, 1.82) is 0 Å². The van der Waals surface area contributed by atoms with Gasteiger partial charge >= 0.3 is 5.97 Å². The number of hydrogen-bond donors (Lipinski definition) is 1. The van der Waals surface area contributed by atoms with E-state index < -0.39 is 5.97 Å². The fourth-order valence-corrected chi connectivity index (χ4v) is 1.86. The first-order chi connectivity index (χ1) is 10.1. The van der Waals surface area contributed by atoms with Crippen LogP contribution in [0.2, 0.25) is 0 Å². The van der Waals surface area contributed by atoms with E-state index in [1.807, 2.05) is 0 Å². The van der Waals surface area contributed by atoms with Crippen molar-refractivity contribution >= 4 is 17.8 Å². The van der Waals surface area contributed by atoms with Crippen molar-refractivity contribution in [2.24, 2.45) is 0 Å². The van der Waals surface area contributed by atoms with Gasteiger partial charge in [-0.25, -0.2) is 4.79 Å². The van der Waals surface area contributed by atoms with Gasteiger partial charge in [0.05, 0.1) is 12.7 Å². The standard InChI is InChI=1S/C17H14O4/c1-21-17(20)15-8-3-2-5-12(15)9-10-16(19)13-6-4-7-14(18)11-13/h2-11,18H,1H3/b10-9+. The molecule has 0 bridgehead atoms. The number of allylic oxidation sites excluding steroid dienone is 1. The van der Waals surface area contributed by atoms with Gasteiger partial charge in [-0.3, -0.25) is 4.79 Å². The van der Waals surface area contributed by atoms with Gasteiger partial charge in [0.1, 0.15) is 5.75 Å². The topological polar surface area (TPSA) is 63.6 Å². The van der Waals surface area contributed by atoms with Crippen LogP contribution in [0.5, 0.6) is 5.75 Å². The molecule has 0 aliphatic rings. The maximum absolute atomic E-state index is 12.0. The van der Waals surface area contributed by atoms with E-state index in [1.54, 1.807) is 42.5 Å². The van der Waals surface area contributed by atoms with Crippen LogP contribution in [0.3, 0.4) is 0 Å². The van der Waals surface area contributed by atoms with Gasteiger partial charge in [-0.1, -0.05) is 36.4 Å². The van der Waals surface area contributed by atoms with E-state index in [4.69, 9.17) is 4.74 Å². The molecule has 0 saturated heterocycles. The molecular formula is C17H14O4. The van der Waals surface area contributed by atoms with Crippen molar-refractivity contribution < 1.29 is 19.4 Å². The SMILES string of the molecule is COC(=O)c1ccccc1/C=C/C(=O)c1cccc(O)c1. The number of rotatable bonds is 4. The van der Waals surface area contributed by atoms with Crippen molar-refractivity contribution in [3.05, 3.63) is 71.3 Å². The first-order valence-corrected chi connectivity index (χ1v) is 6.30. The quantitative estimate of drug-likeness (QED) is 0.532. The van der Waals surface area contributed by atoms with Crippen molar-refractivity contribution in [2.45, 2.75) is 0 Å². The molecule has 0 unspecified atom stereocenters. The molecule has 2 aromatic rings. The molecule has 106 valence electrons. The monoisotopic (exact) mass is 282 g/mol. The second kappa shape index (κ2) is 6.52. The molecule has 0 atom stereocenters. The highest BCUT2D eigenvalue weighted by atomic mass is 16.5. The lowest BCUT2D eigenvalue weighted by molar-refractivity contribution is 0.0600. The zero-order valence-corrected chi connectivity index (χ0v) is 11.4. The molecule has 21 heavy (non-hydrogen) atoms. The number of methoxy groups -OCH3 is 1.